The van der Waals surface area contributed by atoms with Crippen molar-refractivity contribution in [2.45, 2.75) is 18.7 Å². The Morgan fingerprint density at radius 2 is 1.59 bits per heavy atom. The van der Waals surface area contributed by atoms with Crippen molar-refractivity contribution in [1.82, 2.24) is 15.1 Å². The number of rotatable bonds is 4. The molecule has 2 aromatic carbocycles. The van der Waals surface area contributed by atoms with Crippen LogP contribution in [0.25, 0.3) is 11.3 Å². The number of hydrogen-bond donors (Lipinski definition) is 1. The van der Waals surface area contributed by atoms with Crippen LogP contribution in [0.2, 0.25) is 0 Å². The number of aromatic nitrogens is 2. The SMILES string of the molecule is Cc1ccc(-c2ccc(N3CCN(C(=O)c4ccc(S(N)(=O)=O)cc4)CC3)nn2)c(C)c1. The van der Waals surface area contributed by atoms with Gasteiger partial charge in [-0.3, -0.25) is 4.79 Å². The normalized spacial score (nSPS) is 14.5. The summed E-state index contributed by atoms with van der Waals surface area (Å²) in [7, 11) is -3.78. The lowest BCUT2D eigenvalue weighted by Gasteiger charge is -2.35. The van der Waals surface area contributed by atoms with Crippen LogP contribution in [0.4, 0.5) is 5.82 Å². The zero-order valence-corrected chi connectivity index (χ0v) is 18.8. The molecule has 1 aliphatic heterocycles. The third-order valence-corrected chi connectivity index (χ3v) is 6.56. The van der Waals surface area contributed by atoms with Crippen molar-refractivity contribution in [1.29, 1.82) is 0 Å². The fourth-order valence-electron chi connectivity index (χ4n) is 3.85. The van der Waals surface area contributed by atoms with Crippen LogP contribution in [-0.4, -0.2) is 55.6 Å². The summed E-state index contributed by atoms with van der Waals surface area (Å²) in [4.78, 5) is 16.6. The number of primary sulfonamides is 1. The Morgan fingerprint density at radius 3 is 2.16 bits per heavy atom. The topological polar surface area (TPSA) is 109 Å². The second-order valence-electron chi connectivity index (χ2n) is 7.94. The van der Waals surface area contributed by atoms with Gasteiger partial charge in [0.2, 0.25) is 10.0 Å². The minimum atomic E-state index is -3.78. The highest BCUT2D eigenvalue weighted by Gasteiger charge is 2.23. The first kappa shape index (κ1) is 21.9. The summed E-state index contributed by atoms with van der Waals surface area (Å²) >= 11 is 0. The zero-order chi connectivity index (χ0) is 22.9. The molecule has 1 saturated heterocycles. The highest BCUT2D eigenvalue weighted by atomic mass is 32.2. The van der Waals surface area contributed by atoms with E-state index in [0.29, 0.717) is 31.7 Å². The minimum absolute atomic E-state index is 0.0123. The zero-order valence-electron chi connectivity index (χ0n) is 18.0. The maximum atomic E-state index is 12.8. The van der Waals surface area contributed by atoms with Crippen molar-refractivity contribution in [3.63, 3.8) is 0 Å². The van der Waals surface area contributed by atoms with Gasteiger partial charge in [-0.15, -0.1) is 10.2 Å². The molecular formula is C23H25N5O3S. The van der Waals surface area contributed by atoms with Gasteiger partial charge in [0.1, 0.15) is 0 Å². The van der Waals surface area contributed by atoms with Gasteiger partial charge in [-0.05, 0) is 55.8 Å². The van der Waals surface area contributed by atoms with E-state index in [9.17, 15) is 13.2 Å². The summed E-state index contributed by atoms with van der Waals surface area (Å²) in [5.41, 5.74) is 4.71. The number of amides is 1. The van der Waals surface area contributed by atoms with Crippen LogP contribution in [0, 0.1) is 13.8 Å². The third kappa shape index (κ3) is 4.63. The largest absolute Gasteiger partial charge is 0.352 e. The molecule has 1 aromatic heterocycles. The number of sulfonamides is 1. The lowest BCUT2D eigenvalue weighted by atomic mass is 10.0. The van der Waals surface area contributed by atoms with Crippen LogP contribution in [0.3, 0.4) is 0 Å². The van der Waals surface area contributed by atoms with Crippen molar-refractivity contribution in [2.24, 2.45) is 5.14 Å². The van der Waals surface area contributed by atoms with E-state index in [-0.39, 0.29) is 10.8 Å². The van der Waals surface area contributed by atoms with Gasteiger partial charge < -0.3 is 9.80 Å². The highest BCUT2D eigenvalue weighted by molar-refractivity contribution is 7.89. The van der Waals surface area contributed by atoms with E-state index >= 15 is 0 Å². The van der Waals surface area contributed by atoms with E-state index < -0.39 is 10.0 Å². The molecule has 0 unspecified atom stereocenters. The molecule has 32 heavy (non-hydrogen) atoms. The number of carbonyl (C=O) groups is 1. The molecule has 166 valence electrons. The van der Waals surface area contributed by atoms with Crippen LogP contribution < -0.4 is 10.0 Å². The molecular weight excluding hydrogens is 426 g/mol. The van der Waals surface area contributed by atoms with E-state index in [1.165, 1.54) is 29.8 Å². The van der Waals surface area contributed by atoms with Gasteiger partial charge in [0.05, 0.1) is 10.6 Å². The fraction of sp³-hybridized carbons (Fsp3) is 0.261. The molecule has 0 atom stereocenters. The van der Waals surface area contributed by atoms with Crippen LogP contribution >= 0.6 is 0 Å². The predicted octanol–water partition coefficient (Wildman–Crippen LogP) is 2.37. The molecule has 8 nitrogen and oxygen atoms in total. The Morgan fingerprint density at radius 1 is 0.906 bits per heavy atom. The molecule has 0 aliphatic carbocycles. The van der Waals surface area contributed by atoms with E-state index in [1.54, 1.807) is 4.90 Å². The Bertz CT molecular complexity index is 1230. The van der Waals surface area contributed by atoms with Crippen molar-refractivity contribution in [3.8, 4) is 11.3 Å². The van der Waals surface area contributed by atoms with Crippen molar-refractivity contribution in [3.05, 3.63) is 71.3 Å². The van der Waals surface area contributed by atoms with Gasteiger partial charge >= 0.3 is 0 Å². The standard InChI is InChI=1S/C23H25N5O3S/c1-16-3-8-20(17(2)15-16)21-9-10-22(26-25-21)27-11-13-28(14-12-27)23(29)18-4-6-19(7-5-18)32(24,30)31/h3-10,15H,11-14H2,1-2H3,(H2,24,30,31). The number of anilines is 1. The quantitative estimate of drug-likeness (QED) is 0.652. The van der Waals surface area contributed by atoms with Crippen molar-refractivity contribution >= 4 is 21.7 Å². The summed E-state index contributed by atoms with van der Waals surface area (Å²) in [5.74, 6) is 0.644. The van der Waals surface area contributed by atoms with Gasteiger partial charge in [0.15, 0.2) is 5.82 Å². The second kappa shape index (κ2) is 8.68. The summed E-state index contributed by atoms with van der Waals surface area (Å²) in [6, 6.07) is 15.9. The van der Waals surface area contributed by atoms with Gasteiger partial charge in [0, 0.05) is 37.3 Å². The van der Waals surface area contributed by atoms with Crippen molar-refractivity contribution < 1.29 is 13.2 Å². The molecule has 3 aromatic rings. The molecule has 1 amide bonds. The third-order valence-electron chi connectivity index (χ3n) is 5.63. The summed E-state index contributed by atoms with van der Waals surface area (Å²) in [5, 5.41) is 13.9. The molecule has 0 saturated carbocycles. The van der Waals surface area contributed by atoms with E-state index in [4.69, 9.17) is 5.14 Å². The van der Waals surface area contributed by atoms with Crippen LogP contribution in [0.15, 0.2) is 59.5 Å². The molecule has 0 spiro atoms. The lowest BCUT2D eigenvalue weighted by Crippen LogP contribution is -2.49. The fourth-order valence-corrected chi connectivity index (χ4v) is 4.36. The first-order valence-corrected chi connectivity index (χ1v) is 11.9. The minimum Gasteiger partial charge on any atom is -0.352 e. The molecule has 9 heteroatoms. The summed E-state index contributed by atoms with van der Waals surface area (Å²) in [6.45, 7) is 6.48. The Kier molecular flexibility index (Phi) is 5.94. The smallest absolute Gasteiger partial charge is 0.253 e. The number of carbonyl (C=O) groups excluding carboxylic acids is 1. The maximum absolute atomic E-state index is 12.8. The predicted molar refractivity (Wildman–Crippen MR) is 123 cm³/mol. The van der Waals surface area contributed by atoms with E-state index in [1.807, 2.05) is 12.1 Å². The number of piperazine rings is 1. The summed E-state index contributed by atoms with van der Waals surface area (Å²) in [6.07, 6.45) is 0. The number of benzene rings is 2. The first-order chi connectivity index (χ1) is 15.2. The maximum Gasteiger partial charge on any atom is 0.253 e. The molecule has 4 rings (SSSR count). The van der Waals surface area contributed by atoms with E-state index in [0.717, 1.165) is 22.6 Å². The number of nitrogens with zero attached hydrogens (tertiary/aromatic N) is 4. The van der Waals surface area contributed by atoms with Gasteiger partial charge in [-0.25, -0.2) is 13.6 Å². The molecule has 1 aliphatic rings. The Hall–Kier alpha value is -3.30. The second-order valence-corrected chi connectivity index (χ2v) is 9.51. The van der Waals surface area contributed by atoms with Gasteiger partial charge in [0.25, 0.3) is 5.91 Å². The van der Waals surface area contributed by atoms with Crippen LogP contribution in [0.5, 0.6) is 0 Å². The average Bonchev–Trinajstić information content (AvgIpc) is 2.78. The highest BCUT2D eigenvalue weighted by Crippen LogP contribution is 2.23. The summed E-state index contributed by atoms with van der Waals surface area (Å²) < 4.78 is 22.8. The average molecular weight is 452 g/mol. The molecule has 0 bridgehead atoms. The van der Waals surface area contributed by atoms with Gasteiger partial charge in [-0.1, -0.05) is 23.8 Å². The molecule has 2 heterocycles. The molecule has 1 fully saturated rings. The van der Waals surface area contributed by atoms with Crippen LogP contribution in [-0.2, 0) is 10.0 Å². The van der Waals surface area contributed by atoms with E-state index in [2.05, 4.69) is 47.1 Å². The van der Waals surface area contributed by atoms with Gasteiger partial charge in [-0.2, -0.15) is 0 Å². The number of nitrogens with two attached hydrogens (primary N) is 1. The first-order valence-electron chi connectivity index (χ1n) is 10.3. The monoisotopic (exact) mass is 451 g/mol. The van der Waals surface area contributed by atoms with Crippen LogP contribution in [0.1, 0.15) is 21.5 Å². The van der Waals surface area contributed by atoms with Crippen molar-refractivity contribution in [2.75, 3.05) is 31.1 Å². The lowest BCUT2D eigenvalue weighted by molar-refractivity contribution is 0.0746. The molecule has 0 radical (unpaired) electrons. The molecule has 2 N–H and O–H groups in total. The Labute approximate surface area is 187 Å². The number of hydrogen-bond acceptors (Lipinski definition) is 6. The number of aryl methyl sites for hydroxylation is 2. The Balaban J connectivity index is 1.39.